The van der Waals surface area contributed by atoms with Gasteiger partial charge in [0.1, 0.15) is 5.82 Å². The highest BCUT2D eigenvalue weighted by atomic mass is 16.4. The van der Waals surface area contributed by atoms with Crippen molar-refractivity contribution in [2.75, 3.05) is 13.1 Å². The molecule has 2 aromatic rings. The van der Waals surface area contributed by atoms with E-state index in [0.717, 1.165) is 0 Å². The van der Waals surface area contributed by atoms with Gasteiger partial charge in [-0.25, -0.2) is 4.98 Å². The molecule has 7 heteroatoms. The summed E-state index contributed by atoms with van der Waals surface area (Å²) in [5.74, 6) is -0.345. The van der Waals surface area contributed by atoms with Crippen LogP contribution in [-0.4, -0.2) is 44.9 Å². The first-order valence-electron chi connectivity index (χ1n) is 8.38. The largest absolute Gasteiger partial charge is 0.481 e. The zero-order valence-corrected chi connectivity index (χ0v) is 14.1. The Hall–Kier alpha value is -2.70. The number of fused-ring (bicyclic) bond motifs is 1. The van der Waals surface area contributed by atoms with Crippen molar-refractivity contribution >= 4 is 22.8 Å². The molecule has 1 aliphatic rings. The van der Waals surface area contributed by atoms with Gasteiger partial charge in [0.15, 0.2) is 0 Å². The van der Waals surface area contributed by atoms with E-state index in [0.29, 0.717) is 49.0 Å². The molecule has 0 bridgehead atoms. The number of aromatic amines is 1. The zero-order valence-electron chi connectivity index (χ0n) is 14.1. The number of aromatic nitrogens is 2. The molecule has 0 saturated carbocycles. The molecular weight excluding hydrogens is 322 g/mol. The first-order chi connectivity index (χ1) is 11.9. The van der Waals surface area contributed by atoms with Crippen LogP contribution in [0.25, 0.3) is 10.9 Å². The minimum absolute atomic E-state index is 0.0480. The first-order valence-corrected chi connectivity index (χ1v) is 8.38. The molecular formula is C18H21N3O4. The second-order valence-electron chi connectivity index (χ2n) is 6.81. The third-order valence-corrected chi connectivity index (χ3v) is 4.81. The van der Waals surface area contributed by atoms with Crippen LogP contribution in [0.1, 0.15) is 32.0 Å². The van der Waals surface area contributed by atoms with Crippen LogP contribution in [0.3, 0.4) is 0 Å². The number of hydrogen-bond donors (Lipinski definition) is 2. The van der Waals surface area contributed by atoms with Crippen molar-refractivity contribution in [3.63, 3.8) is 0 Å². The summed E-state index contributed by atoms with van der Waals surface area (Å²) in [5.41, 5.74) is -0.381. The molecule has 1 aromatic carbocycles. The third kappa shape index (κ3) is 3.55. The molecule has 0 radical (unpaired) electrons. The molecule has 1 amide bonds. The fourth-order valence-electron chi connectivity index (χ4n) is 3.17. The lowest BCUT2D eigenvalue weighted by atomic mass is 9.90. The predicted octanol–water partition coefficient (Wildman–Crippen LogP) is 1.57. The van der Waals surface area contributed by atoms with Crippen LogP contribution >= 0.6 is 0 Å². The summed E-state index contributed by atoms with van der Waals surface area (Å²) in [6, 6.07) is 7.13. The molecule has 25 heavy (non-hydrogen) atoms. The van der Waals surface area contributed by atoms with E-state index in [1.54, 1.807) is 30.0 Å². The molecule has 1 fully saturated rings. The average Bonchev–Trinajstić information content (AvgIpc) is 2.99. The van der Waals surface area contributed by atoms with Gasteiger partial charge in [-0.1, -0.05) is 12.1 Å². The molecule has 0 unspecified atom stereocenters. The van der Waals surface area contributed by atoms with Crippen LogP contribution in [0.5, 0.6) is 0 Å². The number of carboxylic acid groups (broad SMARTS) is 1. The molecule has 1 aromatic heterocycles. The van der Waals surface area contributed by atoms with E-state index in [4.69, 9.17) is 0 Å². The highest BCUT2D eigenvalue weighted by molar-refractivity contribution is 5.80. The summed E-state index contributed by atoms with van der Waals surface area (Å²) in [6.07, 6.45) is 1.84. The predicted molar refractivity (Wildman–Crippen MR) is 92.2 cm³/mol. The SMILES string of the molecule is C[C@]1(C(=O)O)CCN(C(=O)CCCc2nc3ccccc3c(=O)[nH]2)C1. The number of nitrogens with zero attached hydrogens (tertiary/aromatic N) is 2. The Morgan fingerprint density at radius 2 is 2.12 bits per heavy atom. The number of rotatable bonds is 5. The zero-order chi connectivity index (χ0) is 18.0. The number of nitrogens with one attached hydrogen (secondary N) is 1. The molecule has 2 heterocycles. The second-order valence-corrected chi connectivity index (χ2v) is 6.81. The van der Waals surface area contributed by atoms with Crippen molar-refractivity contribution in [2.24, 2.45) is 5.41 Å². The van der Waals surface area contributed by atoms with Crippen LogP contribution in [0.2, 0.25) is 0 Å². The van der Waals surface area contributed by atoms with Gasteiger partial charge in [0, 0.05) is 25.9 Å². The molecule has 0 aliphatic carbocycles. The second kappa shape index (κ2) is 6.66. The highest BCUT2D eigenvalue weighted by Crippen LogP contribution is 2.30. The molecule has 3 rings (SSSR count). The lowest BCUT2D eigenvalue weighted by molar-refractivity contribution is -0.147. The van der Waals surface area contributed by atoms with Crippen LogP contribution < -0.4 is 5.56 Å². The number of carboxylic acids is 1. The van der Waals surface area contributed by atoms with Gasteiger partial charge in [0.2, 0.25) is 5.91 Å². The summed E-state index contributed by atoms with van der Waals surface area (Å²) >= 11 is 0. The van der Waals surface area contributed by atoms with Crippen molar-refractivity contribution in [3.05, 3.63) is 40.4 Å². The van der Waals surface area contributed by atoms with Crippen molar-refractivity contribution < 1.29 is 14.7 Å². The number of carbonyl (C=O) groups excluding carboxylic acids is 1. The maximum atomic E-state index is 12.3. The van der Waals surface area contributed by atoms with Crippen molar-refractivity contribution in [1.29, 1.82) is 0 Å². The molecule has 0 spiro atoms. The van der Waals surface area contributed by atoms with Gasteiger partial charge in [0.05, 0.1) is 16.3 Å². The Kier molecular flexibility index (Phi) is 4.57. The number of H-pyrrole nitrogens is 1. The number of carbonyl (C=O) groups is 2. The minimum atomic E-state index is -0.860. The summed E-state index contributed by atoms with van der Waals surface area (Å²) < 4.78 is 0. The van der Waals surface area contributed by atoms with Gasteiger partial charge >= 0.3 is 5.97 Å². The Balaban J connectivity index is 1.57. The summed E-state index contributed by atoms with van der Waals surface area (Å²) in [5, 5.41) is 9.78. The van der Waals surface area contributed by atoms with Crippen molar-refractivity contribution in [3.8, 4) is 0 Å². The lowest BCUT2D eigenvalue weighted by Crippen LogP contribution is -2.34. The average molecular weight is 343 g/mol. The number of likely N-dealkylation sites (tertiary alicyclic amines) is 1. The Morgan fingerprint density at radius 1 is 1.36 bits per heavy atom. The van der Waals surface area contributed by atoms with E-state index in [2.05, 4.69) is 9.97 Å². The normalized spacial score (nSPS) is 20.1. The van der Waals surface area contributed by atoms with Crippen LogP contribution in [-0.2, 0) is 16.0 Å². The van der Waals surface area contributed by atoms with E-state index >= 15 is 0 Å². The maximum Gasteiger partial charge on any atom is 0.311 e. The first kappa shape index (κ1) is 17.1. The Bertz CT molecular complexity index is 876. The summed E-state index contributed by atoms with van der Waals surface area (Å²) in [6.45, 7) is 2.41. The number of aliphatic carboxylic acids is 1. The number of amides is 1. The van der Waals surface area contributed by atoms with Gasteiger partial charge in [-0.3, -0.25) is 14.4 Å². The van der Waals surface area contributed by atoms with E-state index in [1.807, 2.05) is 6.07 Å². The number of benzene rings is 1. The fraction of sp³-hybridized carbons (Fsp3) is 0.444. The molecule has 1 saturated heterocycles. The standard InChI is InChI=1S/C18H21N3O4/c1-18(17(24)25)9-10-21(11-18)15(22)8-4-7-14-19-13-6-3-2-5-12(13)16(23)20-14/h2-3,5-6H,4,7-11H2,1H3,(H,24,25)(H,19,20,23)/t18-/m0/s1. The van der Waals surface area contributed by atoms with Gasteiger partial charge in [0.25, 0.3) is 5.56 Å². The monoisotopic (exact) mass is 343 g/mol. The van der Waals surface area contributed by atoms with Crippen molar-refractivity contribution in [1.82, 2.24) is 14.9 Å². The quantitative estimate of drug-likeness (QED) is 0.858. The Morgan fingerprint density at radius 3 is 2.84 bits per heavy atom. The van der Waals surface area contributed by atoms with Crippen LogP contribution in [0, 0.1) is 5.41 Å². The van der Waals surface area contributed by atoms with E-state index in [9.17, 15) is 19.5 Å². The lowest BCUT2D eigenvalue weighted by Gasteiger charge is -2.20. The smallest absolute Gasteiger partial charge is 0.311 e. The molecule has 1 aliphatic heterocycles. The van der Waals surface area contributed by atoms with Crippen molar-refractivity contribution in [2.45, 2.75) is 32.6 Å². The fourth-order valence-corrected chi connectivity index (χ4v) is 3.17. The summed E-state index contributed by atoms with van der Waals surface area (Å²) in [7, 11) is 0. The van der Waals surface area contributed by atoms with E-state index < -0.39 is 11.4 Å². The van der Waals surface area contributed by atoms with Gasteiger partial charge in [-0.05, 0) is 31.9 Å². The molecule has 1 atom stereocenters. The third-order valence-electron chi connectivity index (χ3n) is 4.81. The number of hydrogen-bond acceptors (Lipinski definition) is 4. The molecule has 7 nitrogen and oxygen atoms in total. The van der Waals surface area contributed by atoms with Gasteiger partial charge < -0.3 is 15.0 Å². The Labute approximate surface area is 144 Å². The maximum absolute atomic E-state index is 12.3. The van der Waals surface area contributed by atoms with Gasteiger partial charge in [-0.15, -0.1) is 0 Å². The minimum Gasteiger partial charge on any atom is -0.481 e. The van der Waals surface area contributed by atoms with Gasteiger partial charge in [-0.2, -0.15) is 0 Å². The van der Waals surface area contributed by atoms with Crippen LogP contribution in [0.15, 0.2) is 29.1 Å². The van der Waals surface area contributed by atoms with E-state index in [-0.39, 0.29) is 18.0 Å². The van der Waals surface area contributed by atoms with E-state index in [1.165, 1.54) is 0 Å². The number of para-hydroxylation sites is 1. The number of aryl methyl sites for hydroxylation is 1. The summed E-state index contributed by atoms with van der Waals surface area (Å²) in [4.78, 5) is 44.3. The molecule has 132 valence electrons. The highest BCUT2D eigenvalue weighted by Gasteiger charge is 2.41. The van der Waals surface area contributed by atoms with Crippen LogP contribution in [0.4, 0.5) is 0 Å². The molecule has 2 N–H and O–H groups in total. The topological polar surface area (TPSA) is 103 Å².